The van der Waals surface area contributed by atoms with E-state index in [-0.39, 0.29) is 25.5 Å². The number of primary amides is 1. The Morgan fingerprint density at radius 2 is 2.25 bits per heavy atom. The van der Waals surface area contributed by atoms with Crippen LogP contribution < -0.4 is 11.5 Å². The molecular formula is C13H19N3O4. The van der Waals surface area contributed by atoms with E-state index in [9.17, 15) is 9.59 Å². The molecule has 0 saturated carbocycles. The van der Waals surface area contributed by atoms with Crippen LogP contribution in [-0.4, -0.2) is 42.3 Å². The number of amides is 1. The SMILES string of the molecule is NCC(=O)OCC1CCC(N2C=CCC(C(N)=O)=C2)O1. The highest BCUT2D eigenvalue weighted by Gasteiger charge is 2.30. The van der Waals surface area contributed by atoms with E-state index in [2.05, 4.69) is 0 Å². The molecule has 7 nitrogen and oxygen atoms in total. The first kappa shape index (κ1) is 14.5. The second-order valence-corrected chi connectivity index (χ2v) is 4.73. The van der Waals surface area contributed by atoms with E-state index in [1.54, 1.807) is 6.20 Å². The number of carbonyl (C=O) groups excluding carboxylic acids is 2. The molecule has 2 rings (SSSR count). The zero-order valence-electron chi connectivity index (χ0n) is 11.2. The van der Waals surface area contributed by atoms with Gasteiger partial charge in [0.25, 0.3) is 0 Å². The summed E-state index contributed by atoms with van der Waals surface area (Å²) in [4.78, 5) is 24.0. The average molecular weight is 281 g/mol. The Bertz CT molecular complexity index is 447. The van der Waals surface area contributed by atoms with Crippen molar-refractivity contribution in [2.75, 3.05) is 13.2 Å². The molecule has 0 spiro atoms. The molecule has 4 N–H and O–H groups in total. The third-order valence-corrected chi connectivity index (χ3v) is 3.25. The number of nitrogens with two attached hydrogens (primary N) is 2. The van der Waals surface area contributed by atoms with Crippen LogP contribution in [0.2, 0.25) is 0 Å². The molecule has 0 aromatic heterocycles. The molecule has 1 fully saturated rings. The van der Waals surface area contributed by atoms with Crippen LogP contribution in [0, 0.1) is 0 Å². The fourth-order valence-corrected chi connectivity index (χ4v) is 2.19. The van der Waals surface area contributed by atoms with Crippen molar-refractivity contribution in [3.63, 3.8) is 0 Å². The van der Waals surface area contributed by atoms with Crippen molar-refractivity contribution >= 4 is 11.9 Å². The van der Waals surface area contributed by atoms with Gasteiger partial charge in [-0.25, -0.2) is 0 Å². The highest BCUT2D eigenvalue weighted by atomic mass is 16.6. The van der Waals surface area contributed by atoms with Crippen molar-refractivity contribution < 1.29 is 19.1 Å². The van der Waals surface area contributed by atoms with Crippen LogP contribution in [0.3, 0.4) is 0 Å². The van der Waals surface area contributed by atoms with Gasteiger partial charge in [-0.3, -0.25) is 9.59 Å². The Labute approximate surface area is 117 Å². The minimum atomic E-state index is -0.439. The first-order valence-electron chi connectivity index (χ1n) is 6.56. The average Bonchev–Trinajstić information content (AvgIpc) is 2.93. The Morgan fingerprint density at radius 3 is 2.95 bits per heavy atom. The molecule has 20 heavy (non-hydrogen) atoms. The lowest BCUT2D eigenvalue weighted by molar-refractivity contribution is -0.147. The zero-order valence-corrected chi connectivity index (χ0v) is 11.2. The van der Waals surface area contributed by atoms with Crippen molar-refractivity contribution in [3.8, 4) is 0 Å². The number of nitrogens with zero attached hydrogens (tertiary/aromatic N) is 1. The van der Waals surface area contributed by atoms with E-state index in [0.29, 0.717) is 12.0 Å². The molecule has 110 valence electrons. The van der Waals surface area contributed by atoms with Crippen LogP contribution in [0.15, 0.2) is 24.0 Å². The van der Waals surface area contributed by atoms with Gasteiger partial charge in [-0.1, -0.05) is 6.08 Å². The van der Waals surface area contributed by atoms with E-state index in [1.807, 2.05) is 17.2 Å². The molecular weight excluding hydrogens is 262 g/mol. The summed E-state index contributed by atoms with van der Waals surface area (Å²) in [6.45, 7) is 0.0756. The third-order valence-electron chi connectivity index (χ3n) is 3.25. The summed E-state index contributed by atoms with van der Waals surface area (Å²) >= 11 is 0. The molecule has 2 aliphatic heterocycles. The largest absolute Gasteiger partial charge is 0.462 e. The number of hydrogen-bond donors (Lipinski definition) is 2. The number of ether oxygens (including phenoxy) is 2. The van der Waals surface area contributed by atoms with Gasteiger partial charge in [-0.05, 0) is 19.3 Å². The Kier molecular flexibility index (Phi) is 4.75. The maximum absolute atomic E-state index is 11.2. The summed E-state index contributed by atoms with van der Waals surface area (Å²) in [5.41, 5.74) is 11.0. The van der Waals surface area contributed by atoms with E-state index in [4.69, 9.17) is 20.9 Å². The molecule has 7 heteroatoms. The normalized spacial score (nSPS) is 25.4. The molecule has 0 aromatic carbocycles. The van der Waals surface area contributed by atoms with Gasteiger partial charge in [0.1, 0.15) is 12.8 Å². The van der Waals surface area contributed by atoms with Crippen LogP contribution in [0.5, 0.6) is 0 Å². The quantitative estimate of drug-likeness (QED) is 0.663. The van der Waals surface area contributed by atoms with Crippen molar-refractivity contribution in [1.29, 1.82) is 0 Å². The number of carbonyl (C=O) groups is 2. The summed E-state index contributed by atoms with van der Waals surface area (Å²) in [7, 11) is 0. The topological polar surface area (TPSA) is 108 Å². The fourth-order valence-electron chi connectivity index (χ4n) is 2.19. The molecule has 2 aliphatic rings. The summed E-state index contributed by atoms with van der Waals surface area (Å²) < 4.78 is 10.7. The third kappa shape index (κ3) is 3.58. The van der Waals surface area contributed by atoms with E-state index < -0.39 is 11.9 Å². The lowest BCUT2D eigenvalue weighted by Gasteiger charge is -2.27. The van der Waals surface area contributed by atoms with Gasteiger partial charge in [0, 0.05) is 18.0 Å². The van der Waals surface area contributed by atoms with Gasteiger partial charge in [-0.2, -0.15) is 0 Å². The van der Waals surface area contributed by atoms with E-state index >= 15 is 0 Å². The predicted octanol–water partition coefficient (Wildman–Crippen LogP) is -0.418. The van der Waals surface area contributed by atoms with Crippen LogP contribution in [0.4, 0.5) is 0 Å². The van der Waals surface area contributed by atoms with Gasteiger partial charge in [0.15, 0.2) is 0 Å². The molecule has 2 atom stereocenters. The first-order valence-corrected chi connectivity index (χ1v) is 6.56. The number of hydrogen-bond acceptors (Lipinski definition) is 6. The lowest BCUT2D eigenvalue weighted by atomic mass is 10.1. The van der Waals surface area contributed by atoms with Gasteiger partial charge in [0.2, 0.25) is 5.91 Å². The van der Waals surface area contributed by atoms with Crippen LogP contribution in [0.1, 0.15) is 19.3 Å². The van der Waals surface area contributed by atoms with Crippen LogP contribution in [-0.2, 0) is 19.1 Å². The summed E-state index contributed by atoms with van der Waals surface area (Å²) in [6, 6.07) is 0. The standard InChI is InChI=1S/C13H19N3O4/c14-6-12(17)19-8-10-3-4-11(20-10)16-5-1-2-9(7-16)13(15)18/h1,5,7,10-11H,2-4,6,8,14H2,(H2,15,18). The maximum Gasteiger partial charge on any atom is 0.319 e. The summed E-state index contributed by atoms with van der Waals surface area (Å²) in [5, 5.41) is 0. The minimum Gasteiger partial charge on any atom is -0.462 e. The minimum absolute atomic E-state index is 0.129. The molecule has 2 unspecified atom stereocenters. The Balaban J connectivity index is 1.86. The highest BCUT2D eigenvalue weighted by Crippen LogP contribution is 2.26. The van der Waals surface area contributed by atoms with Gasteiger partial charge < -0.3 is 25.8 Å². The molecule has 0 aliphatic carbocycles. The van der Waals surface area contributed by atoms with Gasteiger partial charge >= 0.3 is 5.97 Å². The first-order chi connectivity index (χ1) is 9.60. The molecule has 0 bridgehead atoms. The molecule has 0 radical (unpaired) electrons. The Hall–Kier alpha value is -1.86. The van der Waals surface area contributed by atoms with Gasteiger partial charge in [0.05, 0.1) is 12.6 Å². The monoisotopic (exact) mass is 281 g/mol. The van der Waals surface area contributed by atoms with Crippen molar-refractivity contribution in [1.82, 2.24) is 4.90 Å². The Morgan fingerprint density at radius 1 is 1.45 bits per heavy atom. The lowest BCUT2D eigenvalue weighted by Crippen LogP contribution is -2.31. The van der Waals surface area contributed by atoms with E-state index in [1.165, 1.54) is 0 Å². The molecule has 1 amide bonds. The fraction of sp³-hybridized carbons (Fsp3) is 0.538. The molecule has 0 aromatic rings. The van der Waals surface area contributed by atoms with Crippen molar-refractivity contribution in [2.45, 2.75) is 31.6 Å². The highest BCUT2D eigenvalue weighted by molar-refractivity contribution is 5.92. The molecule has 2 heterocycles. The summed E-state index contributed by atoms with van der Waals surface area (Å²) in [6.07, 6.45) is 7.25. The van der Waals surface area contributed by atoms with E-state index in [0.717, 1.165) is 12.8 Å². The zero-order chi connectivity index (χ0) is 14.5. The maximum atomic E-state index is 11.2. The second kappa shape index (κ2) is 6.53. The predicted molar refractivity (Wildman–Crippen MR) is 70.8 cm³/mol. The number of esters is 1. The number of allylic oxidation sites excluding steroid dienone is 1. The summed E-state index contributed by atoms with van der Waals surface area (Å²) in [5.74, 6) is -0.864. The number of rotatable bonds is 5. The molecule has 1 saturated heterocycles. The van der Waals surface area contributed by atoms with Crippen LogP contribution >= 0.6 is 0 Å². The smallest absolute Gasteiger partial charge is 0.319 e. The van der Waals surface area contributed by atoms with Gasteiger partial charge in [-0.15, -0.1) is 0 Å². The second-order valence-electron chi connectivity index (χ2n) is 4.73. The van der Waals surface area contributed by atoms with Crippen molar-refractivity contribution in [3.05, 3.63) is 24.0 Å². The van der Waals surface area contributed by atoms with Crippen LogP contribution in [0.25, 0.3) is 0 Å². The van der Waals surface area contributed by atoms with Crippen molar-refractivity contribution in [2.24, 2.45) is 11.5 Å².